The number of amides is 1. The van der Waals surface area contributed by atoms with Crippen LogP contribution < -0.4 is 10.9 Å². The predicted octanol–water partition coefficient (Wildman–Crippen LogP) is 1.43. The molecule has 0 bridgehead atoms. The van der Waals surface area contributed by atoms with Gasteiger partial charge in [0, 0.05) is 18.2 Å². The molecule has 0 saturated carbocycles. The van der Waals surface area contributed by atoms with E-state index in [0.717, 1.165) is 16.7 Å². The zero-order valence-electron chi connectivity index (χ0n) is 14.0. The lowest BCUT2D eigenvalue weighted by Crippen LogP contribution is -2.39. The molecule has 0 aliphatic rings. The molecule has 2 rings (SSSR count). The number of benzene rings is 1. The van der Waals surface area contributed by atoms with Crippen molar-refractivity contribution in [2.24, 2.45) is 5.92 Å². The van der Waals surface area contributed by atoms with Crippen LogP contribution in [-0.4, -0.2) is 33.4 Å². The largest absolute Gasteiger partial charge is 0.391 e. The molecule has 0 saturated heterocycles. The van der Waals surface area contributed by atoms with Crippen LogP contribution >= 0.6 is 0 Å². The van der Waals surface area contributed by atoms with Gasteiger partial charge in [-0.25, -0.2) is 4.68 Å². The van der Waals surface area contributed by atoms with E-state index < -0.39 is 6.10 Å². The van der Waals surface area contributed by atoms with E-state index in [1.165, 1.54) is 6.07 Å². The van der Waals surface area contributed by atoms with E-state index >= 15 is 0 Å². The van der Waals surface area contributed by atoms with Crippen molar-refractivity contribution >= 4 is 5.91 Å². The highest BCUT2D eigenvalue weighted by Gasteiger charge is 2.14. The average molecular weight is 329 g/mol. The minimum Gasteiger partial charge on any atom is -0.391 e. The number of carbonyl (C=O) groups is 1. The summed E-state index contributed by atoms with van der Waals surface area (Å²) in [4.78, 5) is 23.9. The molecule has 24 heavy (non-hydrogen) atoms. The molecule has 1 heterocycles. The van der Waals surface area contributed by atoms with Gasteiger partial charge in [0.2, 0.25) is 5.91 Å². The standard InChI is InChI=1S/C18H23N3O3/c1-3-13(2)16(22)11-19-17(23)12-21-18(24)10-9-15(20-21)14-7-5-4-6-8-14/h4-10,13,16,22H,3,11-12H2,1-2H3,(H,19,23). The fourth-order valence-corrected chi connectivity index (χ4v) is 2.21. The summed E-state index contributed by atoms with van der Waals surface area (Å²) in [6, 6.07) is 12.5. The normalized spacial score (nSPS) is 13.3. The molecule has 2 atom stereocenters. The van der Waals surface area contributed by atoms with Crippen molar-refractivity contribution in [1.82, 2.24) is 15.1 Å². The Kier molecular flexibility index (Phi) is 6.26. The molecule has 0 aliphatic carbocycles. The van der Waals surface area contributed by atoms with Crippen LogP contribution in [0.2, 0.25) is 0 Å². The Bertz CT molecular complexity index is 728. The van der Waals surface area contributed by atoms with E-state index in [2.05, 4.69) is 10.4 Å². The second-order valence-corrected chi connectivity index (χ2v) is 5.84. The molecule has 0 aliphatic heterocycles. The van der Waals surface area contributed by atoms with Gasteiger partial charge in [0.05, 0.1) is 11.8 Å². The average Bonchev–Trinajstić information content (AvgIpc) is 2.61. The number of aliphatic hydroxyl groups is 1. The molecule has 2 N–H and O–H groups in total. The Morgan fingerprint density at radius 1 is 1.25 bits per heavy atom. The highest BCUT2D eigenvalue weighted by molar-refractivity contribution is 5.75. The van der Waals surface area contributed by atoms with E-state index in [9.17, 15) is 14.7 Å². The maximum atomic E-state index is 12.0. The van der Waals surface area contributed by atoms with Crippen molar-refractivity contribution in [3.63, 3.8) is 0 Å². The number of rotatable bonds is 7. The van der Waals surface area contributed by atoms with Crippen molar-refractivity contribution in [2.75, 3.05) is 6.54 Å². The van der Waals surface area contributed by atoms with Crippen LogP contribution in [-0.2, 0) is 11.3 Å². The Morgan fingerprint density at radius 2 is 1.96 bits per heavy atom. The number of hydrogen-bond acceptors (Lipinski definition) is 4. The first-order valence-electron chi connectivity index (χ1n) is 8.09. The predicted molar refractivity (Wildman–Crippen MR) is 92.4 cm³/mol. The van der Waals surface area contributed by atoms with Gasteiger partial charge in [0.25, 0.3) is 5.56 Å². The Labute approximate surface area is 141 Å². The zero-order chi connectivity index (χ0) is 17.5. The lowest BCUT2D eigenvalue weighted by molar-refractivity contribution is -0.122. The van der Waals surface area contributed by atoms with Crippen LogP contribution in [0.3, 0.4) is 0 Å². The highest BCUT2D eigenvalue weighted by Crippen LogP contribution is 2.13. The lowest BCUT2D eigenvalue weighted by Gasteiger charge is -2.17. The van der Waals surface area contributed by atoms with E-state index in [-0.39, 0.29) is 30.5 Å². The third kappa shape index (κ3) is 4.76. The van der Waals surface area contributed by atoms with Gasteiger partial charge in [-0.15, -0.1) is 0 Å². The number of nitrogens with zero attached hydrogens (tertiary/aromatic N) is 2. The molecule has 6 nitrogen and oxygen atoms in total. The molecular formula is C18H23N3O3. The van der Waals surface area contributed by atoms with Gasteiger partial charge < -0.3 is 10.4 Å². The first-order chi connectivity index (χ1) is 11.5. The zero-order valence-corrected chi connectivity index (χ0v) is 14.0. The summed E-state index contributed by atoms with van der Waals surface area (Å²) < 4.78 is 1.13. The number of hydrogen-bond donors (Lipinski definition) is 2. The topological polar surface area (TPSA) is 84.2 Å². The lowest BCUT2D eigenvalue weighted by atomic mass is 10.0. The molecule has 2 aromatic rings. The molecule has 6 heteroatoms. The molecule has 128 valence electrons. The second kappa shape index (κ2) is 8.40. The number of aromatic nitrogens is 2. The first-order valence-corrected chi connectivity index (χ1v) is 8.09. The molecule has 0 radical (unpaired) electrons. The summed E-state index contributed by atoms with van der Waals surface area (Å²) >= 11 is 0. The maximum absolute atomic E-state index is 12.0. The number of nitrogens with one attached hydrogen (secondary N) is 1. The summed E-state index contributed by atoms with van der Waals surface area (Å²) in [5.74, 6) is -0.246. The molecule has 1 aromatic carbocycles. The van der Waals surface area contributed by atoms with Gasteiger partial charge in [0.1, 0.15) is 6.54 Å². The van der Waals surface area contributed by atoms with Gasteiger partial charge in [0.15, 0.2) is 0 Å². The summed E-state index contributed by atoms with van der Waals surface area (Å²) in [6.07, 6.45) is 0.233. The van der Waals surface area contributed by atoms with E-state index in [4.69, 9.17) is 0 Å². The molecule has 2 unspecified atom stereocenters. The number of aliphatic hydroxyl groups excluding tert-OH is 1. The minimum atomic E-state index is -0.598. The van der Waals surface area contributed by atoms with Crippen LogP contribution in [0, 0.1) is 5.92 Å². The Morgan fingerprint density at radius 3 is 2.62 bits per heavy atom. The van der Waals surface area contributed by atoms with E-state index in [0.29, 0.717) is 5.69 Å². The monoisotopic (exact) mass is 329 g/mol. The summed E-state index contributed by atoms with van der Waals surface area (Å²) in [5, 5.41) is 16.8. The Hall–Kier alpha value is -2.47. The Balaban J connectivity index is 2.04. The molecule has 1 amide bonds. The van der Waals surface area contributed by atoms with E-state index in [1.807, 2.05) is 44.2 Å². The van der Waals surface area contributed by atoms with Gasteiger partial charge in [-0.2, -0.15) is 5.10 Å². The molecular weight excluding hydrogens is 306 g/mol. The molecule has 1 aromatic heterocycles. The van der Waals surface area contributed by atoms with Gasteiger partial charge >= 0.3 is 0 Å². The van der Waals surface area contributed by atoms with Crippen molar-refractivity contribution in [3.8, 4) is 11.3 Å². The van der Waals surface area contributed by atoms with Gasteiger partial charge in [-0.1, -0.05) is 50.6 Å². The second-order valence-electron chi connectivity index (χ2n) is 5.84. The summed E-state index contributed by atoms with van der Waals surface area (Å²) in [5.41, 5.74) is 1.16. The SMILES string of the molecule is CCC(C)C(O)CNC(=O)Cn1nc(-c2ccccc2)ccc1=O. The van der Waals surface area contributed by atoms with Gasteiger partial charge in [-0.3, -0.25) is 9.59 Å². The fraction of sp³-hybridized carbons (Fsp3) is 0.389. The molecule has 0 spiro atoms. The van der Waals surface area contributed by atoms with Crippen LogP contribution in [0.5, 0.6) is 0 Å². The van der Waals surface area contributed by atoms with Crippen LogP contribution in [0.15, 0.2) is 47.3 Å². The van der Waals surface area contributed by atoms with Crippen LogP contribution in [0.25, 0.3) is 11.3 Å². The number of carbonyl (C=O) groups excluding carboxylic acids is 1. The fourth-order valence-electron chi connectivity index (χ4n) is 2.21. The minimum absolute atomic E-state index is 0.104. The van der Waals surface area contributed by atoms with Crippen molar-refractivity contribution in [2.45, 2.75) is 32.9 Å². The van der Waals surface area contributed by atoms with Crippen molar-refractivity contribution in [3.05, 3.63) is 52.8 Å². The first kappa shape index (κ1) is 17.9. The smallest absolute Gasteiger partial charge is 0.267 e. The highest BCUT2D eigenvalue weighted by atomic mass is 16.3. The van der Waals surface area contributed by atoms with Crippen molar-refractivity contribution in [1.29, 1.82) is 0 Å². The van der Waals surface area contributed by atoms with Gasteiger partial charge in [-0.05, 0) is 12.0 Å². The van der Waals surface area contributed by atoms with Crippen molar-refractivity contribution < 1.29 is 9.90 Å². The third-order valence-corrected chi connectivity index (χ3v) is 4.04. The van der Waals surface area contributed by atoms with E-state index in [1.54, 1.807) is 6.07 Å². The third-order valence-electron chi connectivity index (χ3n) is 4.04. The maximum Gasteiger partial charge on any atom is 0.267 e. The van der Waals surface area contributed by atoms with Crippen LogP contribution in [0.1, 0.15) is 20.3 Å². The summed E-state index contributed by atoms with van der Waals surface area (Å²) in [7, 11) is 0. The quantitative estimate of drug-likeness (QED) is 0.805. The molecule has 0 fully saturated rings. The summed E-state index contributed by atoms with van der Waals surface area (Å²) in [6.45, 7) is 3.90. The van der Waals surface area contributed by atoms with Crippen LogP contribution in [0.4, 0.5) is 0 Å².